The monoisotopic (exact) mass is 215 g/mol. The van der Waals surface area contributed by atoms with Crippen molar-refractivity contribution in [2.45, 2.75) is 20.4 Å². The van der Waals surface area contributed by atoms with Crippen molar-refractivity contribution in [2.75, 3.05) is 7.05 Å². The van der Waals surface area contributed by atoms with Crippen LogP contribution >= 0.6 is 0 Å². The van der Waals surface area contributed by atoms with Crippen LogP contribution in [0.5, 0.6) is 0 Å². The second kappa shape index (κ2) is 4.54. The van der Waals surface area contributed by atoms with Crippen molar-refractivity contribution in [2.24, 2.45) is 0 Å². The number of furan rings is 1. The van der Waals surface area contributed by atoms with E-state index in [4.69, 9.17) is 4.42 Å². The Hall–Kier alpha value is -1.54. The molecule has 0 fully saturated rings. The molecule has 0 spiro atoms. The first kappa shape index (κ1) is 11.0. The first-order valence-corrected chi connectivity index (χ1v) is 5.51. The summed E-state index contributed by atoms with van der Waals surface area (Å²) in [6, 6.07) is 8.53. The van der Waals surface area contributed by atoms with Crippen LogP contribution in [0.3, 0.4) is 0 Å². The standard InChI is InChI=1S/C14H17NO/c1-10-4-5-12(11(2)8-10)13-6-7-16-14(13)9-15-3/h4-8,15H,9H2,1-3H3. The van der Waals surface area contributed by atoms with Gasteiger partial charge in [-0.2, -0.15) is 0 Å². The predicted molar refractivity (Wildman–Crippen MR) is 66.4 cm³/mol. The lowest BCUT2D eigenvalue weighted by molar-refractivity contribution is 0.497. The van der Waals surface area contributed by atoms with Gasteiger partial charge in [0.1, 0.15) is 5.76 Å². The number of aryl methyl sites for hydroxylation is 2. The van der Waals surface area contributed by atoms with Crippen LogP contribution in [0.4, 0.5) is 0 Å². The molecule has 2 heteroatoms. The summed E-state index contributed by atoms with van der Waals surface area (Å²) in [6.45, 7) is 5.01. The molecule has 16 heavy (non-hydrogen) atoms. The molecule has 1 N–H and O–H groups in total. The Kier molecular flexibility index (Phi) is 3.11. The number of hydrogen-bond donors (Lipinski definition) is 1. The first-order valence-electron chi connectivity index (χ1n) is 5.51. The maximum Gasteiger partial charge on any atom is 0.125 e. The third-order valence-electron chi connectivity index (χ3n) is 2.75. The second-order valence-electron chi connectivity index (χ2n) is 4.11. The zero-order chi connectivity index (χ0) is 11.5. The molecule has 0 unspecified atom stereocenters. The lowest BCUT2D eigenvalue weighted by atomic mass is 9.99. The summed E-state index contributed by atoms with van der Waals surface area (Å²) in [4.78, 5) is 0. The van der Waals surface area contributed by atoms with Gasteiger partial charge in [-0.05, 0) is 38.1 Å². The Balaban J connectivity index is 2.46. The molecule has 0 amide bonds. The smallest absolute Gasteiger partial charge is 0.125 e. The highest BCUT2D eigenvalue weighted by molar-refractivity contribution is 5.69. The summed E-state index contributed by atoms with van der Waals surface area (Å²) in [5, 5.41) is 3.12. The Morgan fingerprint density at radius 3 is 2.62 bits per heavy atom. The van der Waals surface area contributed by atoms with Crippen molar-refractivity contribution >= 4 is 0 Å². The van der Waals surface area contributed by atoms with E-state index in [2.05, 4.69) is 37.4 Å². The largest absolute Gasteiger partial charge is 0.467 e. The Labute approximate surface area is 96.3 Å². The lowest BCUT2D eigenvalue weighted by Gasteiger charge is -2.07. The third kappa shape index (κ3) is 2.02. The molecule has 0 radical (unpaired) electrons. The van der Waals surface area contributed by atoms with E-state index in [9.17, 15) is 0 Å². The molecule has 2 rings (SSSR count). The van der Waals surface area contributed by atoms with Crippen molar-refractivity contribution in [3.63, 3.8) is 0 Å². The van der Waals surface area contributed by atoms with E-state index in [1.807, 2.05) is 13.1 Å². The molecule has 0 aliphatic rings. The Morgan fingerprint density at radius 2 is 1.94 bits per heavy atom. The molecule has 84 valence electrons. The fraction of sp³-hybridized carbons (Fsp3) is 0.286. The summed E-state index contributed by atoms with van der Waals surface area (Å²) >= 11 is 0. The zero-order valence-corrected chi connectivity index (χ0v) is 10.0. The molecule has 1 aromatic heterocycles. The molecule has 0 atom stereocenters. The van der Waals surface area contributed by atoms with Gasteiger partial charge in [-0.3, -0.25) is 0 Å². The van der Waals surface area contributed by atoms with E-state index in [1.165, 1.54) is 22.3 Å². The van der Waals surface area contributed by atoms with Crippen LogP contribution in [0.2, 0.25) is 0 Å². The summed E-state index contributed by atoms with van der Waals surface area (Å²) in [5.41, 5.74) is 5.02. The molecule has 0 aliphatic heterocycles. The summed E-state index contributed by atoms with van der Waals surface area (Å²) < 4.78 is 5.48. The normalized spacial score (nSPS) is 10.7. The average Bonchev–Trinajstić information content (AvgIpc) is 2.67. The van der Waals surface area contributed by atoms with Crippen LogP contribution in [-0.4, -0.2) is 7.05 Å². The van der Waals surface area contributed by atoms with Gasteiger partial charge in [-0.1, -0.05) is 23.8 Å². The molecule has 1 aromatic carbocycles. The molecular weight excluding hydrogens is 198 g/mol. The van der Waals surface area contributed by atoms with Crippen molar-refractivity contribution in [1.29, 1.82) is 0 Å². The average molecular weight is 215 g/mol. The second-order valence-corrected chi connectivity index (χ2v) is 4.11. The third-order valence-corrected chi connectivity index (χ3v) is 2.75. The van der Waals surface area contributed by atoms with Gasteiger partial charge in [0.25, 0.3) is 0 Å². The van der Waals surface area contributed by atoms with E-state index in [1.54, 1.807) is 6.26 Å². The minimum absolute atomic E-state index is 0.760. The molecule has 2 aromatic rings. The summed E-state index contributed by atoms with van der Waals surface area (Å²) in [5.74, 6) is 0.995. The highest BCUT2D eigenvalue weighted by Gasteiger charge is 2.09. The van der Waals surface area contributed by atoms with Crippen LogP contribution < -0.4 is 5.32 Å². The molecule has 0 aliphatic carbocycles. The van der Waals surface area contributed by atoms with Crippen molar-refractivity contribution in [3.8, 4) is 11.1 Å². The molecule has 2 nitrogen and oxygen atoms in total. The summed E-state index contributed by atoms with van der Waals surface area (Å²) in [6.07, 6.45) is 1.75. The predicted octanol–water partition coefficient (Wildman–Crippen LogP) is 3.28. The van der Waals surface area contributed by atoms with Crippen LogP contribution in [0, 0.1) is 13.8 Å². The number of nitrogens with one attached hydrogen (secondary N) is 1. The van der Waals surface area contributed by atoms with Crippen LogP contribution in [0.25, 0.3) is 11.1 Å². The van der Waals surface area contributed by atoms with Gasteiger partial charge in [0.05, 0.1) is 12.8 Å². The highest BCUT2D eigenvalue weighted by atomic mass is 16.3. The molecule has 0 saturated heterocycles. The lowest BCUT2D eigenvalue weighted by Crippen LogP contribution is -2.05. The van der Waals surface area contributed by atoms with Crippen molar-refractivity contribution in [3.05, 3.63) is 47.4 Å². The van der Waals surface area contributed by atoms with Crippen molar-refractivity contribution in [1.82, 2.24) is 5.32 Å². The van der Waals surface area contributed by atoms with Gasteiger partial charge < -0.3 is 9.73 Å². The topological polar surface area (TPSA) is 25.2 Å². The SMILES string of the molecule is CNCc1occc1-c1ccc(C)cc1C. The van der Waals surface area contributed by atoms with Gasteiger partial charge in [0.2, 0.25) is 0 Å². The van der Waals surface area contributed by atoms with Crippen LogP contribution in [0.15, 0.2) is 34.9 Å². The minimum Gasteiger partial charge on any atom is -0.467 e. The fourth-order valence-corrected chi connectivity index (χ4v) is 1.99. The van der Waals surface area contributed by atoms with Gasteiger partial charge >= 0.3 is 0 Å². The highest BCUT2D eigenvalue weighted by Crippen LogP contribution is 2.28. The number of benzene rings is 1. The molecule has 1 heterocycles. The van der Waals surface area contributed by atoms with E-state index in [0.717, 1.165) is 12.3 Å². The maximum atomic E-state index is 5.48. The van der Waals surface area contributed by atoms with Crippen LogP contribution in [-0.2, 0) is 6.54 Å². The molecular formula is C14H17NO. The van der Waals surface area contributed by atoms with Gasteiger partial charge in [0, 0.05) is 5.56 Å². The Bertz CT molecular complexity index is 485. The molecule has 0 bridgehead atoms. The van der Waals surface area contributed by atoms with Gasteiger partial charge in [-0.15, -0.1) is 0 Å². The minimum atomic E-state index is 0.760. The van der Waals surface area contributed by atoms with E-state index in [0.29, 0.717) is 0 Å². The van der Waals surface area contributed by atoms with Gasteiger partial charge in [-0.25, -0.2) is 0 Å². The Morgan fingerprint density at radius 1 is 1.12 bits per heavy atom. The van der Waals surface area contributed by atoms with E-state index >= 15 is 0 Å². The quantitative estimate of drug-likeness (QED) is 0.850. The zero-order valence-electron chi connectivity index (χ0n) is 10.0. The molecule has 0 saturated carbocycles. The van der Waals surface area contributed by atoms with E-state index < -0.39 is 0 Å². The summed E-state index contributed by atoms with van der Waals surface area (Å²) in [7, 11) is 1.92. The number of rotatable bonds is 3. The van der Waals surface area contributed by atoms with Gasteiger partial charge in [0.15, 0.2) is 0 Å². The first-order chi connectivity index (χ1) is 7.72. The van der Waals surface area contributed by atoms with Crippen molar-refractivity contribution < 1.29 is 4.42 Å². The fourth-order valence-electron chi connectivity index (χ4n) is 1.99. The number of hydrogen-bond acceptors (Lipinski definition) is 2. The van der Waals surface area contributed by atoms with Crippen LogP contribution in [0.1, 0.15) is 16.9 Å². The maximum absolute atomic E-state index is 5.48. The van der Waals surface area contributed by atoms with E-state index in [-0.39, 0.29) is 0 Å².